The van der Waals surface area contributed by atoms with Gasteiger partial charge in [-0.3, -0.25) is 14.0 Å². The zero-order chi connectivity index (χ0) is 28.0. The van der Waals surface area contributed by atoms with E-state index in [0.717, 1.165) is 87.9 Å². The molecule has 3 aromatic carbocycles. The summed E-state index contributed by atoms with van der Waals surface area (Å²) in [6, 6.07) is 29.3. The van der Waals surface area contributed by atoms with Crippen molar-refractivity contribution >= 4 is 28.4 Å². The third-order valence-corrected chi connectivity index (χ3v) is 8.86. The van der Waals surface area contributed by atoms with Crippen molar-refractivity contribution in [1.82, 2.24) is 24.3 Å². The molecule has 4 aromatic rings. The zero-order valence-corrected chi connectivity index (χ0v) is 24.3. The SMILES string of the molecule is O=c1n(CCCN2CCOCC2)c2ccccc2n1C1CCN(C(=S)NC(c2ccccc2)c2ccccc2)CC1. The van der Waals surface area contributed by atoms with Crippen LogP contribution in [0.4, 0.5) is 0 Å². The number of nitrogens with one attached hydrogen (secondary N) is 1. The third kappa shape index (κ3) is 6.25. The van der Waals surface area contributed by atoms with E-state index in [4.69, 9.17) is 17.0 Å². The standard InChI is InChI=1S/C33H39N5O2S/c39-33-37(19-9-18-35-22-24-40-25-23-35)29-14-7-8-15-30(29)38(33)28-16-20-36(21-17-28)32(41)34-31(26-10-3-1-4-11-26)27-12-5-2-6-13-27/h1-8,10-15,28,31H,9,16-25H2,(H,34,41). The van der Waals surface area contributed by atoms with Gasteiger partial charge in [0.05, 0.1) is 30.3 Å². The smallest absolute Gasteiger partial charge is 0.329 e. The van der Waals surface area contributed by atoms with Crippen LogP contribution in [0.2, 0.25) is 0 Å². The van der Waals surface area contributed by atoms with Crippen LogP contribution in [0.15, 0.2) is 89.7 Å². The number of nitrogens with zero attached hydrogens (tertiary/aromatic N) is 4. The van der Waals surface area contributed by atoms with Crippen molar-refractivity contribution in [2.75, 3.05) is 45.9 Å². The largest absolute Gasteiger partial charge is 0.379 e. The highest BCUT2D eigenvalue weighted by molar-refractivity contribution is 7.80. The summed E-state index contributed by atoms with van der Waals surface area (Å²) in [5.74, 6) is 0. The molecular weight excluding hydrogens is 530 g/mol. The van der Waals surface area contributed by atoms with Crippen LogP contribution in [0.1, 0.15) is 42.5 Å². The minimum atomic E-state index is -0.0133. The predicted molar refractivity (Wildman–Crippen MR) is 168 cm³/mol. The minimum Gasteiger partial charge on any atom is -0.379 e. The maximum Gasteiger partial charge on any atom is 0.329 e. The van der Waals surface area contributed by atoms with Gasteiger partial charge in [0.2, 0.25) is 0 Å². The van der Waals surface area contributed by atoms with Crippen molar-refractivity contribution in [3.63, 3.8) is 0 Å². The van der Waals surface area contributed by atoms with E-state index in [1.165, 1.54) is 11.1 Å². The number of imidazole rings is 1. The van der Waals surface area contributed by atoms with Crippen LogP contribution in [-0.2, 0) is 11.3 Å². The van der Waals surface area contributed by atoms with Gasteiger partial charge < -0.3 is 15.0 Å². The van der Waals surface area contributed by atoms with Crippen molar-refractivity contribution in [2.24, 2.45) is 0 Å². The van der Waals surface area contributed by atoms with E-state index >= 15 is 0 Å². The molecule has 0 amide bonds. The average Bonchev–Trinajstić information content (AvgIpc) is 3.32. The Balaban J connectivity index is 1.13. The summed E-state index contributed by atoms with van der Waals surface area (Å²) in [6.07, 6.45) is 2.71. The molecule has 8 heteroatoms. The fourth-order valence-electron chi connectivity index (χ4n) is 6.27. The number of benzene rings is 3. The maximum absolute atomic E-state index is 13.8. The summed E-state index contributed by atoms with van der Waals surface area (Å²) in [4.78, 5) is 18.5. The summed E-state index contributed by atoms with van der Waals surface area (Å²) in [6.45, 7) is 6.91. The molecule has 0 saturated carbocycles. The summed E-state index contributed by atoms with van der Waals surface area (Å²) < 4.78 is 9.51. The molecule has 2 aliphatic rings. The van der Waals surface area contributed by atoms with Crippen LogP contribution in [-0.4, -0.2) is 70.0 Å². The third-order valence-electron chi connectivity index (χ3n) is 8.48. The molecule has 0 bridgehead atoms. The fourth-order valence-corrected chi connectivity index (χ4v) is 6.57. The molecule has 0 radical (unpaired) electrons. The molecular formula is C33H39N5O2S. The molecule has 0 spiro atoms. The number of morpholine rings is 1. The van der Waals surface area contributed by atoms with Crippen LogP contribution >= 0.6 is 12.2 Å². The second-order valence-corrected chi connectivity index (χ2v) is 11.4. The molecule has 0 atom stereocenters. The van der Waals surface area contributed by atoms with Crippen molar-refractivity contribution in [2.45, 2.75) is 37.9 Å². The number of rotatable bonds is 8. The number of thiocarbonyl (C=S) groups is 1. The van der Waals surface area contributed by atoms with E-state index in [0.29, 0.717) is 0 Å². The highest BCUT2D eigenvalue weighted by Gasteiger charge is 2.27. The number of aryl methyl sites for hydroxylation is 1. The van der Waals surface area contributed by atoms with Crippen molar-refractivity contribution in [3.8, 4) is 0 Å². The number of likely N-dealkylation sites (tertiary alicyclic amines) is 1. The highest BCUT2D eigenvalue weighted by Crippen LogP contribution is 2.27. The lowest BCUT2D eigenvalue weighted by Crippen LogP contribution is -2.46. The number of ether oxygens (including phenoxy) is 1. The van der Waals surface area contributed by atoms with E-state index in [2.05, 4.69) is 80.3 Å². The lowest BCUT2D eigenvalue weighted by atomic mass is 9.99. The first-order chi connectivity index (χ1) is 20.2. The number of para-hydroxylation sites is 2. The highest BCUT2D eigenvalue weighted by atomic mass is 32.1. The lowest BCUT2D eigenvalue weighted by Gasteiger charge is -2.35. The van der Waals surface area contributed by atoms with Crippen LogP contribution in [0.25, 0.3) is 11.0 Å². The summed E-state index contributed by atoms with van der Waals surface area (Å²) in [7, 11) is 0. The van der Waals surface area contributed by atoms with Crippen LogP contribution in [0.3, 0.4) is 0 Å². The van der Waals surface area contributed by atoms with Gasteiger partial charge in [-0.05, 0) is 54.7 Å². The summed E-state index contributed by atoms with van der Waals surface area (Å²) in [5, 5.41) is 4.41. The van der Waals surface area contributed by atoms with Gasteiger partial charge in [0.15, 0.2) is 5.11 Å². The average molecular weight is 570 g/mol. The Labute approximate surface area is 247 Å². The van der Waals surface area contributed by atoms with Gasteiger partial charge in [-0.15, -0.1) is 0 Å². The van der Waals surface area contributed by atoms with E-state index < -0.39 is 0 Å². The Morgan fingerprint density at radius 1 is 0.805 bits per heavy atom. The maximum atomic E-state index is 13.8. The predicted octanol–water partition coefficient (Wildman–Crippen LogP) is 4.83. The van der Waals surface area contributed by atoms with Gasteiger partial charge in [0, 0.05) is 45.3 Å². The Bertz CT molecular complexity index is 1450. The Morgan fingerprint density at radius 3 is 2.02 bits per heavy atom. The molecule has 1 N–H and O–H groups in total. The van der Waals surface area contributed by atoms with Crippen molar-refractivity contribution < 1.29 is 4.74 Å². The summed E-state index contributed by atoms with van der Waals surface area (Å²) in [5.41, 5.74) is 4.55. The molecule has 2 fully saturated rings. The minimum absolute atomic E-state index is 0.0133. The molecule has 0 aliphatic carbocycles. The van der Waals surface area contributed by atoms with E-state index in [9.17, 15) is 4.79 Å². The number of fused-ring (bicyclic) bond motifs is 1. The van der Waals surface area contributed by atoms with E-state index in [1.54, 1.807) is 0 Å². The first kappa shape index (κ1) is 27.7. The second-order valence-electron chi connectivity index (χ2n) is 11.0. The number of piperidine rings is 1. The monoisotopic (exact) mass is 569 g/mol. The van der Waals surface area contributed by atoms with Gasteiger partial charge in [0.1, 0.15) is 0 Å². The normalized spacial score (nSPS) is 16.9. The van der Waals surface area contributed by atoms with E-state index in [-0.39, 0.29) is 17.8 Å². The van der Waals surface area contributed by atoms with Crippen molar-refractivity contribution in [1.29, 1.82) is 0 Å². The van der Waals surface area contributed by atoms with Gasteiger partial charge in [-0.25, -0.2) is 4.79 Å². The second kappa shape index (κ2) is 13.0. The molecule has 2 aliphatic heterocycles. The first-order valence-corrected chi connectivity index (χ1v) is 15.2. The molecule has 2 saturated heterocycles. The lowest BCUT2D eigenvalue weighted by molar-refractivity contribution is 0.0369. The topological polar surface area (TPSA) is 54.7 Å². The Hall–Kier alpha value is -3.46. The van der Waals surface area contributed by atoms with Crippen molar-refractivity contribution in [3.05, 3.63) is 107 Å². The molecule has 6 rings (SSSR count). The molecule has 41 heavy (non-hydrogen) atoms. The van der Waals surface area contributed by atoms with Crippen LogP contribution in [0, 0.1) is 0 Å². The first-order valence-electron chi connectivity index (χ1n) is 14.8. The van der Waals surface area contributed by atoms with Gasteiger partial charge in [0.25, 0.3) is 0 Å². The number of hydrogen-bond donors (Lipinski definition) is 1. The number of aromatic nitrogens is 2. The number of hydrogen-bond acceptors (Lipinski definition) is 4. The molecule has 7 nitrogen and oxygen atoms in total. The molecule has 1 aromatic heterocycles. The quantitative estimate of drug-likeness (QED) is 0.307. The molecule has 214 valence electrons. The van der Waals surface area contributed by atoms with Crippen LogP contribution in [0.5, 0.6) is 0 Å². The van der Waals surface area contributed by atoms with Gasteiger partial charge >= 0.3 is 5.69 Å². The zero-order valence-electron chi connectivity index (χ0n) is 23.5. The fraction of sp³-hybridized carbons (Fsp3) is 0.394. The van der Waals surface area contributed by atoms with Gasteiger partial charge in [-0.2, -0.15) is 0 Å². The van der Waals surface area contributed by atoms with Gasteiger partial charge in [-0.1, -0.05) is 72.8 Å². The van der Waals surface area contributed by atoms with Crippen LogP contribution < -0.4 is 11.0 Å². The molecule has 3 heterocycles. The Kier molecular flexibility index (Phi) is 8.80. The van der Waals surface area contributed by atoms with E-state index in [1.807, 2.05) is 28.8 Å². The Morgan fingerprint density at radius 2 is 1.39 bits per heavy atom. The summed E-state index contributed by atoms with van der Waals surface area (Å²) >= 11 is 5.94. The molecule has 0 unspecified atom stereocenters.